The van der Waals surface area contributed by atoms with Crippen LogP contribution in [0.5, 0.6) is 11.5 Å². The zero-order chi connectivity index (χ0) is 28.1. The molecule has 7 nitrogen and oxygen atoms in total. The van der Waals surface area contributed by atoms with Gasteiger partial charge in [-0.3, -0.25) is 14.9 Å². The number of ether oxygens (including phenoxy) is 2. The van der Waals surface area contributed by atoms with Gasteiger partial charge in [0.05, 0.1) is 5.69 Å². The second kappa shape index (κ2) is 12.1. The molecule has 40 heavy (non-hydrogen) atoms. The standard InChI is InChI=1S/C31H22Cl2N2O5/c32-23-9-5-20(6-10-23)18-39-26-15-13-25(14-16-26)35-30(37)27(29(36)34-31(35)38)17-22-3-1-2-4-28(22)40-19-21-7-11-24(33)12-8-21/h1-17H,18-19H2,(H,34,36,38)/b27-17+. The van der Waals surface area contributed by atoms with Gasteiger partial charge in [0, 0.05) is 15.6 Å². The maximum Gasteiger partial charge on any atom is 0.335 e. The number of barbiturate groups is 1. The van der Waals surface area contributed by atoms with Crippen LogP contribution in [0.25, 0.3) is 6.08 Å². The third kappa shape index (κ3) is 6.34. The van der Waals surface area contributed by atoms with Crippen molar-refractivity contribution >= 4 is 52.8 Å². The molecular formula is C31H22Cl2N2O5. The second-order valence-electron chi connectivity index (χ2n) is 8.82. The Bertz CT molecular complexity index is 1580. The zero-order valence-electron chi connectivity index (χ0n) is 21.0. The number of hydrogen-bond acceptors (Lipinski definition) is 5. The van der Waals surface area contributed by atoms with Gasteiger partial charge in [-0.2, -0.15) is 0 Å². The maximum absolute atomic E-state index is 13.4. The van der Waals surface area contributed by atoms with Gasteiger partial charge in [-0.25, -0.2) is 9.69 Å². The molecule has 4 aromatic carbocycles. The van der Waals surface area contributed by atoms with Crippen molar-refractivity contribution in [3.05, 3.63) is 129 Å². The van der Waals surface area contributed by atoms with Crippen LogP contribution in [0, 0.1) is 0 Å². The molecule has 9 heteroatoms. The van der Waals surface area contributed by atoms with Gasteiger partial charge in [0.1, 0.15) is 30.3 Å². The summed E-state index contributed by atoms with van der Waals surface area (Å²) in [6.07, 6.45) is 1.41. The summed E-state index contributed by atoms with van der Waals surface area (Å²) in [7, 11) is 0. The van der Waals surface area contributed by atoms with Crippen LogP contribution in [-0.2, 0) is 22.8 Å². The number of imide groups is 2. The molecule has 1 heterocycles. The number of halogens is 2. The Morgan fingerprint density at radius 2 is 1.27 bits per heavy atom. The molecule has 0 unspecified atom stereocenters. The zero-order valence-corrected chi connectivity index (χ0v) is 22.5. The summed E-state index contributed by atoms with van der Waals surface area (Å²) in [5.41, 5.74) is 2.42. The van der Waals surface area contributed by atoms with E-state index in [0.717, 1.165) is 16.0 Å². The fraction of sp³-hybridized carbons (Fsp3) is 0.0645. The number of anilines is 1. The van der Waals surface area contributed by atoms with Crippen molar-refractivity contribution in [3.8, 4) is 11.5 Å². The molecule has 0 spiro atoms. The molecule has 0 saturated carbocycles. The molecule has 4 aromatic rings. The molecule has 1 N–H and O–H groups in total. The molecule has 1 aliphatic heterocycles. The van der Waals surface area contributed by atoms with Crippen LogP contribution in [0.2, 0.25) is 10.0 Å². The number of nitrogens with zero attached hydrogens (tertiary/aromatic N) is 1. The summed E-state index contributed by atoms with van der Waals surface area (Å²) in [4.78, 5) is 39.6. The number of benzene rings is 4. The molecule has 0 atom stereocenters. The van der Waals surface area contributed by atoms with E-state index in [1.807, 2.05) is 24.3 Å². The molecule has 1 fully saturated rings. The smallest absolute Gasteiger partial charge is 0.335 e. The monoisotopic (exact) mass is 572 g/mol. The summed E-state index contributed by atoms with van der Waals surface area (Å²) >= 11 is 11.9. The highest BCUT2D eigenvalue weighted by Gasteiger charge is 2.37. The molecule has 4 amide bonds. The van der Waals surface area contributed by atoms with Crippen molar-refractivity contribution in [1.82, 2.24) is 5.32 Å². The minimum Gasteiger partial charge on any atom is -0.489 e. The molecule has 5 rings (SSSR count). The van der Waals surface area contributed by atoms with E-state index in [4.69, 9.17) is 32.7 Å². The molecule has 200 valence electrons. The van der Waals surface area contributed by atoms with E-state index in [1.54, 1.807) is 72.8 Å². The van der Waals surface area contributed by atoms with Crippen LogP contribution >= 0.6 is 23.2 Å². The van der Waals surface area contributed by atoms with E-state index in [1.165, 1.54) is 6.08 Å². The van der Waals surface area contributed by atoms with Crippen molar-refractivity contribution in [2.45, 2.75) is 13.2 Å². The summed E-state index contributed by atoms with van der Waals surface area (Å²) in [6, 6.07) is 27.1. The topological polar surface area (TPSA) is 84.9 Å². The van der Waals surface area contributed by atoms with E-state index >= 15 is 0 Å². The van der Waals surface area contributed by atoms with Gasteiger partial charge in [-0.1, -0.05) is 65.7 Å². The van der Waals surface area contributed by atoms with Crippen molar-refractivity contribution in [1.29, 1.82) is 0 Å². The van der Waals surface area contributed by atoms with E-state index in [2.05, 4.69) is 5.32 Å². The molecule has 0 bridgehead atoms. The Morgan fingerprint density at radius 3 is 1.90 bits per heavy atom. The van der Waals surface area contributed by atoms with E-state index in [9.17, 15) is 14.4 Å². The Labute approximate surface area is 240 Å². The Morgan fingerprint density at radius 1 is 0.700 bits per heavy atom. The summed E-state index contributed by atoms with van der Waals surface area (Å²) in [5, 5.41) is 3.50. The van der Waals surface area contributed by atoms with E-state index in [-0.39, 0.29) is 17.9 Å². The average molecular weight is 573 g/mol. The molecule has 1 aliphatic rings. The first-order chi connectivity index (χ1) is 19.4. The molecule has 0 radical (unpaired) electrons. The number of carbonyl (C=O) groups excluding carboxylic acids is 3. The maximum atomic E-state index is 13.4. The number of amides is 4. The highest BCUT2D eigenvalue weighted by molar-refractivity contribution is 6.39. The Hall–Kier alpha value is -4.59. The minimum atomic E-state index is -0.839. The molecular weight excluding hydrogens is 551 g/mol. The van der Waals surface area contributed by atoms with Crippen LogP contribution in [0.3, 0.4) is 0 Å². The molecule has 1 saturated heterocycles. The Kier molecular flexibility index (Phi) is 8.15. The lowest BCUT2D eigenvalue weighted by molar-refractivity contribution is -0.122. The van der Waals surface area contributed by atoms with Gasteiger partial charge in [0.15, 0.2) is 0 Å². The first kappa shape index (κ1) is 27.0. The van der Waals surface area contributed by atoms with Crippen LogP contribution in [0.1, 0.15) is 16.7 Å². The predicted octanol–water partition coefficient (Wildman–Crippen LogP) is 6.82. The first-order valence-corrected chi connectivity index (χ1v) is 13.0. The van der Waals surface area contributed by atoms with Crippen LogP contribution in [-0.4, -0.2) is 17.8 Å². The van der Waals surface area contributed by atoms with E-state index in [0.29, 0.717) is 33.7 Å². The van der Waals surface area contributed by atoms with Gasteiger partial charge in [0.2, 0.25) is 0 Å². The summed E-state index contributed by atoms with van der Waals surface area (Å²) in [6.45, 7) is 0.578. The second-order valence-corrected chi connectivity index (χ2v) is 9.69. The Balaban J connectivity index is 1.32. The lowest BCUT2D eigenvalue weighted by Crippen LogP contribution is -2.54. The van der Waals surface area contributed by atoms with Gasteiger partial charge in [-0.05, 0) is 71.8 Å². The fourth-order valence-electron chi connectivity index (χ4n) is 3.96. The SMILES string of the molecule is O=C1NC(=O)N(c2ccc(OCc3ccc(Cl)cc3)cc2)C(=O)/C1=C/c1ccccc1OCc1ccc(Cl)cc1. The van der Waals surface area contributed by atoms with Crippen molar-refractivity contribution in [3.63, 3.8) is 0 Å². The first-order valence-electron chi connectivity index (χ1n) is 12.2. The van der Waals surface area contributed by atoms with Gasteiger partial charge in [0.25, 0.3) is 11.8 Å². The number of hydrogen-bond donors (Lipinski definition) is 1. The fourth-order valence-corrected chi connectivity index (χ4v) is 4.21. The van der Waals surface area contributed by atoms with Crippen LogP contribution < -0.4 is 19.7 Å². The third-order valence-electron chi connectivity index (χ3n) is 6.04. The molecule has 0 aliphatic carbocycles. The predicted molar refractivity (Wildman–Crippen MR) is 153 cm³/mol. The van der Waals surface area contributed by atoms with Crippen molar-refractivity contribution in [2.24, 2.45) is 0 Å². The largest absolute Gasteiger partial charge is 0.489 e. The average Bonchev–Trinajstić information content (AvgIpc) is 2.96. The summed E-state index contributed by atoms with van der Waals surface area (Å²) < 4.78 is 11.7. The minimum absolute atomic E-state index is 0.204. The van der Waals surface area contributed by atoms with Gasteiger partial charge >= 0.3 is 6.03 Å². The number of urea groups is 1. The number of rotatable bonds is 8. The normalized spacial score (nSPS) is 14.3. The van der Waals surface area contributed by atoms with Gasteiger partial charge in [-0.15, -0.1) is 0 Å². The highest BCUT2D eigenvalue weighted by Crippen LogP contribution is 2.27. The highest BCUT2D eigenvalue weighted by atomic mass is 35.5. The lowest BCUT2D eigenvalue weighted by atomic mass is 10.1. The van der Waals surface area contributed by atoms with Crippen molar-refractivity contribution < 1.29 is 23.9 Å². The molecule has 0 aromatic heterocycles. The lowest BCUT2D eigenvalue weighted by Gasteiger charge is -2.26. The van der Waals surface area contributed by atoms with Crippen LogP contribution in [0.4, 0.5) is 10.5 Å². The number of para-hydroxylation sites is 1. The number of carbonyl (C=O) groups is 3. The van der Waals surface area contributed by atoms with Crippen LogP contribution in [0.15, 0.2) is 103 Å². The third-order valence-corrected chi connectivity index (χ3v) is 6.55. The quantitative estimate of drug-likeness (QED) is 0.185. The summed E-state index contributed by atoms with van der Waals surface area (Å²) in [5.74, 6) is -0.531. The van der Waals surface area contributed by atoms with Gasteiger partial charge < -0.3 is 9.47 Å². The van der Waals surface area contributed by atoms with Crippen molar-refractivity contribution in [2.75, 3.05) is 4.90 Å². The number of nitrogens with one attached hydrogen (secondary N) is 1. The van der Waals surface area contributed by atoms with E-state index < -0.39 is 17.8 Å².